The molecular weight excluding hydrogens is 378 g/mol. The first-order chi connectivity index (χ1) is 14.6. The van der Waals surface area contributed by atoms with Crippen LogP contribution in [0.4, 0.5) is 0 Å². The lowest BCUT2D eigenvalue weighted by Gasteiger charge is -2.34. The molecule has 2 aromatic heterocycles. The molecule has 0 N–H and O–H groups in total. The smallest absolute Gasteiger partial charge is 0.228 e. The van der Waals surface area contributed by atoms with Gasteiger partial charge in [0.15, 0.2) is 5.65 Å². The molecule has 0 radical (unpaired) electrons. The van der Waals surface area contributed by atoms with E-state index in [1.165, 1.54) is 0 Å². The third kappa shape index (κ3) is 3.14. The van der Waals surface area contributed by atoms with Crippen molar-refractivity contribution in [2.24, 2.45) is 5.92 Å². The molecule has 0 aliphatic carbocycles. The van der Waals surface area contributed by atoms with Crippen molar-refractivity contribution in [3.8, 4) is 0 Å². The maximum Gasteiger partial charge on any atom is 0.228 e. The summed E-state index contributed by atoms with van der Waals surface area (Å²) < 4.78 is 2.04. The van der Waals surface area contributed by atoms with Gasteiger partial charge in [-0.3, -0.25) is 14.0 Å². The van der Waals surface area contributed by atoms with Gasteiger partial charge in [0.25, 0.3) is 0 Å². The predicted octanol–water partition coefficient (Wildman–Crippen LogP) is 2.65. The maximum atomic E-state index is 13.4. The summed E-state index contributed by atoms with van der Waals surface area (Å²) in [5, 5.41) is 8.66. The molecule has 7 heteroatoms. The molecule has 2 saturated heterocycles. The van der Waals surface area contributed by atoms with Crippen LogP contribution in [0.5, 0.6) is 0 Å². The summed E-state index contributed by atoms with van der Waals surface area (Å²) in [5.74, 6) is 1.05. The van der Waals surface area contributed by atoms with Crippen LogP contribution in [0.15, 0.2) is 54.7 Å². The zero-order chi connectivity index (χ0) is 20.7. The predicted molar refractivity (Wildman–Crippen MR) is 112 cm³/mol. The molecule has 4 heterocycles. The topological polar surface area (TPSA) is 70.8 Å². The summed E-state index contributed by atoms with van der Waals surface area (Å²) in [6.45, 7) is 1.36. The van der Waals surface area contributed by atoms with Gasteiger partial charge >= 0.3 is 0 Å². The van der Waals surface area contributed by atoms with Gasteiger partial charge in [-0.15, -0.1) is 10.2 Å². The van der Waals surface area contributed by atoms with Crippen molar-refractivity contribution in [3.05, 3.63) is 66.1 Å². The van der Waals surface area contributed by atoms with Gasteiger partial charge in [0.05, 0.1) is 12.0 Å². The fourth-order valence-corrected chi connectivity index (χ4v) is 4.93. The molecule has 0 unspecified atom stereocenters. The molecule has 2 aliphatic rings. The Morgan fingerprint density at radius 2 is 1.73 bits per heavy atom. The van der Waals surface area contributed by atoms with Crippen LogP contribution in [0.1, 0.15) is 42.6 Å². The fraction of sp³-hybridized carbons (Fsp3) is 0.391. The van der Waals surface area contributed by atoms with Crippen LogP contribution < -0.4 is 0 Å². The number of hydrogen-bond donors (Lipinski definition) is 0. The molecule has 154 valence electrons. The molecule has 0 bridgehead atoms. The van der Waals surface area contributed by atoms with Gasteiger partial charge < -0.3 is 9.80 Å². The Kier molecular flexibility index (Phi) is 4.73. The van der Waals surface area contributed by atoms with Gasteiger partial charge in [-0.25, -0.2) is 0 Å². The molecule has 2 amide bonds. The Bertz CT molecular complexity index is 1070. The number of fused-ring (bicyclic) bond motifs is 1. The van der Waals surface area contributed by atoms with Crippen LogP contribution in [0.2, 0.25) is 0 Å². The van der Waals surface area contributed by atoms with Gasteiger partial charge in [-0.05, 0) is 30.5 Å². The highest BCUT2D eigenvalue weighted by atomic mass is 16.2. The van der Waals surface area contributed by atoms with Crippen LogP contribution in [0.25, 0.3) is 5.65 Å². The van der Waals surface area contributed by atoms with Crippen molar-refractivity contribution in [1.82, 2.24) is 24.4 Å². The van der Waals surface area contributed by atoms with E-state index in [9.17, 15) is 9.59 Å². The molecule has 3 aromatic rings. The second-order valence-corrected chi connectivity index (χ2v) is 8.26. The molecule has 7 nitrogen and oxygen atoms in total. The molecule has 5 rings (SSSR count). The van der Waals surface area contributed by atoms with Crippen LogP contribution in [-0.4, -0.2) is 56.3 Å². The highest BCUT2D eigenvalue weighted by Crippen LogP contribution is 2.39. The van der Waals surface area contributed by atoms with E-state index in [1.807, 2.05) is 64.0 Å². The Labute approximate surface area is 175 Å². The third-order valence-corrected chi connectivity index (χ3v) is 6.56. The molecule has 1 aromatic carbocycles. The Balaban J connectivity index is 1.31. The number of pyridine rings is 1. The summed E-state index contributed by atoms with van der Waals surface area (Å²) in [7, 11) is 1.80. The number of rotatable bonds is 3. The van der Waals surface area contributed by atoms with Crippen LogP contribution >= 0.6 is 0 Å². The largest absolute Gasteiger partial charge is 0.342 e. The number of piperidine rings is 1. The minimum atomic E-state index is -0.324. The van der Waals surface area contributed by atoms with E-state index in [2.05, 4.69) is 10.2 Å². The first-order valence-electron chi connectivity index (χ1n) is 10.5. The van der Waals surface area contributed by atoms with Crippen molar-refractivity contribution < 1.29 is 9.59 Å². The van der Waals surface area contributed by atoms with Gasteiger partial charge in [0.1, 0.15) is 5.82 Å². The number of nitrogens with zero attached hydrogens (tertiary/aromatic N) is 5. The standard InChI is InChI=1S/C23H25N5O2/c1-26-20(29)15-18(21(26)16-7-3-2-4-8-16)23(30)27-13-10-17(11-14-27)22-25-24-19-9-5-6-12-28(19)22/h2-9,12,17-18,21H,10-11,13-15H2,1H3/t18-,21+/m0/s1. The maximum absolute atomic E-state index is 13.4. The van der Waals surface area contributed by atoms with E-state index in [4.69, 9.17) is 0 Å². The summed E-state index contributed by atoms with van der Waals surface area (Å²) >= 11 is 0. The van der Waals surface area contributed by atoms with Gasteiger partial charge in [0.2, 0.25) is 11.8 Å². The molecule has 2 aliphatic heterocycles. The fourth-order valence-electron chi connectivity index (χ4n) is 4.93. The number of likely N-dealkylation sites (tertiary alicyclic amines) is 2. The van der Waals surface area contributed by atoms with Crippen molar-refractivity contribution in [2.45, 2.75) is 31.2 Å². The van der Waals surface area contributed by atoms with Crippen molar-refractivity contribution in [2.75, 3.05) is 20.1 Å². The summed E-state index contributed by atoms with van der Waals surface area (Å²) in [6.07, 6.45) is 3.98. The highest BCUT2D eigenvalue weighted by Gasteiger charge is 2.44. The quantitative estimate of drug-likeness (QED) is 0.674. The lowest BCUT2D eigenvalue weighted by molar-refractivity contribution is -0.137. The first kappa shape index (κ1) is 18.8. The zero-order valence-corrected chi connectivity index (χ0v) is 17.0. The Morgan fingerprint density at radius 3 is 2.50 bits per heavy atom. The van der Waals surface area contributed by atoms with E-state index >= 15 is 0 Å². The average Bonchev–Trinajstić information content (AvgIpc) is 3.35. The summed E-state index contributed by atoms with van der Waals surface area (Å²) in [4.78, 5) is 29.5. The van der Waals surface area contributed by atoms with Crippen LogP contribution in [-0.2, 0) is 9.59 Å². The molecule has 2 atom stereocenters. The number of carbonyl (C=O) groups excluding carboxylic acids is 2. The molecule has 2 fully saturated rings. The summed E-state index contributed by atoms with van der Waals surface area (Å²) in [5.41, 5.74) is 1.87. The zero-order valence-electron chi connectivity index (χ0n) is 17.0. The second-order valence-electron chi connectivity index (χ2n) is 8.26. The lowest BCUT2D eigenvalue weighted by Crippen LogP contribution is -2.43. The minimum Gasteiger partial charge on any atom is -0.342 e. The van der Waals surface area contributed by atoms with Gasteiger partial charge in [0, 0.05) is 38.7 Å². The number of aromatic nitrogens is 3. The van der Waals surface area contributed by atoms with Crippen molar-refractivity contribution >= 4 is 17.5 Å². The monoisotopic (exact) mass is 403 g/mol. The SMILES string of the molecule is CN1C(=O)C[C@H](C(=O)N2CCC(c3nnc4ccccn34)CC2)[C@H]1c1ccccc1. The summed E-state index contributed by atoms with van der Waals surface area (Å²) in [6, 6.07) is 15.6. The van der Waals surface area contributed by atoms with Crippen molar-refractivity contribution in [1.29, 1.82) is 0 Å². The number of amides is 2. The van der Waals surface area contributed by atoms with E-state index in [0.717, 1.165) is 29.9 Å². The second kappa shape index (κ2) is 7.55. The van der Waals surface area contributed by atoms with Crippen molar-refractivity contribution in [3.63, 3.8) is 0 Å². The van der Waals surface area contributed by atoms with Gasteiger partial charge in [-0.1, -0.05) is 36.4 Å². The number of carbonyl (C=O) groups is 2. The van der Waals surface area contributed by atoms with Gasteiger partial charge in [-0.2, -0.15) is 0 Å². The lowest BCUT2D eigenvalue weighted by atomic mass is 9.90. The van der Waals surface area contributed by atoms with Crippen LogP contribution in [0.3, 0.4) is 0 Å². The third-order valence-electron chi connectivity index (χ3n) is 6.56. The normalized spacial score (nSPS) is 22.8. The minimum absolute atomic E-state index is 0.0343. The highest BCUT2D eigenvalue weighted by molar-refractivity contribution is 5.90. The Hall–Kier alpha value is -3.22. The van der Waals surface area contributed by atoms with E-state index in [0.29, 0.717) is 13.1 Å². The first-order valence-corrected chi connectivity index (χ1v) is 10.5. The molecule has 30 heavy (non-hydrogen) atoms. The van der Waals surface area contributed by atoms with Crippen LogP contribution in [0, 0.1) is 5.92 Å². The van der Waals surface area contributed by atoms with E-state index in [1.54, 1.807) is 11.9 Å². The molecule has 0 saturated carbocycles. The molecule has 0 spiro atoms. The molecular formula is C23H25N5O2. The van der Waals surface area contributed by atoms with E-state index in [-0.39, 0.29) is 36.1 Å². The Morgan fingerprint density at radius 1 is 1.00 bits per heavy atom. The number of benzene rings is 1. The average molecular weight is 403 g/mol. The number of hydrogen-bond acceptors (Lipinski definition) is 4. The van der Waals surface area contributed by atoms with E-state index < -0.39 is 0 Å².